The number of rotatable bonds is 4. The highest BCUT2D eigenvalue weighted by Crippen LogP contribution is 2.14. The summed E-state index contributed by atoms with van der Waals surface area (Å²) in [6.45, 7) is 5.62. The van der Waals surface area contributed by atoms with E-state index >= 15 is 0 Å². The largest absolute Gasteiger partial charge is 0.467 e. The minimum Gasteiger partial charge on any atom is -0.467 e. The van der Waals surface area contributed by atoms with Crippen LogP contribution in [0.5, 0.6) is 0 Å². The van der Waals surface area contributed by atoms with Crippen LogP contribution in [0.3, 0.4) is 0 Å². The third-order valence-corrected chi connectivity index (χ3v) is 2.51. The minimum absolute atomic E-state index is 0.0605. The molecular formula is C13H17N3O2. The van der Waals surface area contributed by atoms with Crippen LogP contribution >= 0.6 is 0 Å². The van der Waals surface area contributed by atoms with E-state index in [-0.39, 0.29) is 11.9 Å². The van der Waals surface area contributed by atoms with Crippen LogP contribution in [-0.2, 0) is 9.53 Å². The maximum Gasteiger partial charge on any atom is 0.328 e. The fourth-order valence-electron chi connectivity index (χ4n) is 1.59. The first kappa shape index (κ1) is 14.0. The van der Waals surface area contributed by atoms with Crippen LogP contribution in [0, 0.1) is 24.2 Å². The predicted molar refractivity (Wildman–Crippen MR) is 68.0 cm³/mol. The van der Waals surface area contributed by atoms with Gasteiger partial charge < -0.3 is 10.1 Å². The summed E-state index contributed by atoms with van der Waals surface area (Å²) in [5.74, 6) is 0.229. The van der Waals surface area contributed by atoms with Crippen molar-refractivity contribution in [2.24, 2.45) is 5.92 Å². The number of pyridine rings is 1. The molecule has 0 radical (unpaired) electrons. The van der Waals surface area contributed by atoms with Crippen molar-refractivity contribution < 1.29 is 9.53 Å². The fraction of sp³-hybridized carbons (Fsp3) is 0.462. The first-order valence-corrected chi connectivity index (χ1v) is 5.71. The van der Waals surface area contributed by atoms with Crippen LogP contribution in [-0.4, -0.2) is 24.1 Å². The highest BCUT2D eigenvalue weighted by molar-refractivity contribution is 5.79. The number of nitriles is 1. The molecular weight excluding hydrogens is 230 g/mol. The van der Waals surface area contributed by atoms with Crippen LogP contribution in [0.15, 0.2) is 12.1 Å². The van der Waals surface area contributed by atoms with E-state index in [0.717, 1.165) is 5.69 Å². The zero-order chi connectivity index (χ0) is 13.7. The minimum atomic E-state index is -0.476. The van der Waals surface area contributed by atoms with E-state index in [1.807, 2.05) is 13.8 Å². The normalized spacial score (nSPS) is 11.8. The Bertz CT molecular complexity index is 478. The van der Waals surface area contributed by atoms with Gasteiger partial charge in [0.2, 0.25) is 0 Å². The lowest BCUT2D eigenvalue weighted by Crippen LogP contribution is -2.35. The van der Waals surface area contributed by atoms with Crippen LogP contribution in [0.1, 0.15) is 25.1 Å². The molecule has 1 N–H and O–H groups in total. The molecule has 18 heavy (non-hydrogen) atoms. The van der Waals surface area contributed by atoms with Gasteiger partial charge in [0.25, 0.3) is 0 Å². The van der Waals surface area contributed by atoms with Gasteiger partial charge in [-0.05, 0) is 25.0 Å². The Morgan fingerprint density at radius 3 is 2.67 bits per heavy atom. The third-order valence-electron chi connectivity index (χ3n) is 2.51. The lowest BCUT2D eigenvalue weighted by Gasteiger charge is -2.20. The molecule has 0 aromatic carbocycles. The maximum atomic E-state index is 11.6. The molecule has 0 saturated carbocycles. The molecule has 1 heterocycles. The molecule has 1 atom stereocenters. The van der Waals surface area contributed by atoms with Gasteiger partial charge in [-0.1, -0.05) is 13.8 Å². The number of hydrogen-bond donors (Lipinski definition) is 1. The van der Waals surface area contributed by atoms with Gasteiger partial charge in [-0.15, -0.1) is 0 Å². The molecule has 0 aliphatic heterocycles. The Morgan fingerprint density at radius 1 is 1.50 bits per heavy atom. The van der Waals surface area contributed by atoms with Crippen molar-refractivity contribution in [3.8, 4) is 6.07 Å². The Kier molecular flexibility index (Phi) is 4.67. The maximum absolute atomic E-state index is 11.6. The number of esters is 1. The van der Waals surface area contributed by atoms with Crippen molar-refractivity contribution in [1.82, 2.24) is 4.98 Å². The molecule has 0 aliphatic rings. The van der Waals surface area contributed by atoms with Crippen molar-refractivity contribution in [3.63, 3.8) is 0 Å². The van der Waals surface area contributed by atoms with Crippen LogP contribution in [0.25, 0.3) is 0 Å². The highest BCUT2D eigenvalue weighted by Gasteiger charge is 2.23. The molecule has 0 saturated heterocycles. The SMILES string of the molecule is COC(=O)C(Nc1cc(C#N)cc(C)n1)C(C)C. The zero-order valence-electron chi connectivity index (χ0n) is 11.0. The number of aromatic nitrogens is 1. The zero-order valence-corrected chi connectivity index (χ0v) is 11.0. The Hall–Kier alpha value is -2.09. The molecule has 1 unspecified atom stereocenters. The van der Waals surface area contributed by atoms with E-state index in [0.29, 0.717) is 11.4 Å². The van der Waals surface area contributed by atoms with Gasteiger partial charge in [0.15, 0.2) is 0 Å². The fourth-order valence-corrected chi connectivity index (χ4v) is 1.59. The molecule has 5 heteroatoms. The van der Waals surface area contributed by atoms with E-state index in [2.05, 4.69) is 16.4 Å². The molecule has 0 amide bonds. The Morgan fingerprint density at radius 2 is 2.17 bits per heavy atom. The lowest BCUT2D eigenvalue weighted by atomic mass is 10.0. The second-order valence-electron chi connectivity index (χ2n) is 4.38. The quantitative estimate of drug-likeness (QED) is 0.822. The summed E-state index contributed by atoms with van der Waals surface area (Å²) in [5, 5.41) is 11.9. The second kappa shape index (κ2) is 6.01. The van der Waals surface area contributed by atoms with Gasteiger partial charge >= 0.3 is 5.97 Å². The summed E-state index contributed by atoms with van der Waals surface area (Å²) in [6.07, 6.45) is 0. The number of hydrogen-bond acceptors (Lipinski definition) is 5. The summed E-state index contributed by atoms with van der Waals surface area (Å²) in [7, 11) is 1.35. The van der Waals surface area contributed by atoms with Gasteiger partial charge in [0, 0.05) is 5.69 Å². The highest BCUT2D eigenvalue weighted by atomic mass is 16.5. The van der Waals surface area contributed by atoms with Crippen molar-refractivity contribution in [1.29, 1.82) is 5.26 Å². The summed E-state index contributed by atoms with van der Waals surface area (Å²) < 4.78 is 4.74. The monoisotopic (exact) mass is 247 g/mol. The van der Waals surface area contributed by atoms with Crippen LogP contribution in [0.2, 0.25) is 0 Å². The average molecular weight is 247 g/mol. The van der Waals surface area contributed by atoms with Gasteiger partial charge in [0.05, 0.1) is 18.7 Å². The number of anilines is 1. The molecule has 1 aromatic heterocycles. The van der Waals surface area contributed by atoms with E-state index in [9.17, 15) is 4.79 Å². The number of nitrogens with zero attached hydrogens (tertiary/aromatic N) is 2. The number of ether oxygens (including phenoxy) is 1. The summed E-state index contributed by atoms with van der Waals surface area (Å²) in [6, 6.07) is 4.89. The molecule has 0 aliphatic carbocycles. The van der Waals surface area contributed by atoms with Crippen molar-refractivity contribution in [2.75, 3.05) is 12.4 Å². The van der Waals surface area contributed by atoms with Crippen molar-refractivity contribution >= 4 is 11.8 Å². The Balaban J connectivity index is 2.98. The van der Waals surface area contributed by atoms with Crippen molar-refractivity contribution in [2.45, 2.75) is 26.8 Å². The summed E-state index contributed by atoms with van der Waals surface area (Å²) in [5.41, 5.74) is 1.24. The first-order valence-electron chi connectivity index (χ1n) is 5.71. The standard InChI is InChI=1S/C13H17N3O2/c1-8(2)12(13(17)18-4)16-11-6-10(7-14)5-9(3)15-11/h5-6,8,12H,1-4H3,(H,15,16). The number of carbonyl (C=O) groups is 1. The van der Waals surface area contributed by atoms with E-state index in [1.165, 1.54) is 7.11 Å². The number of methoxy groups -OCH3 is 1. The van der Waals surface area contributed by atoms with Gasteiger partial charge in [-0.2, -0.15) is 5.26 Å². The number of carbonyl (C=O) groups excluding carboxylic acids is 1. The van der Waals surface area contributed by atoms with Crippen LogP contribution < -0.4 is 5.32 Å². The predicted octanol–water partition coefficient (Wildman–Crippen LogP) is 1.87. The van der Waals surface area contributed by atoms with Crippen molar-refractivity contribution in [3.05, 3.63) is 23.4 Å². The molecule has 0 bridgehead atoms. The summed E-state index contributed by atoms with van der Waals surface area (Å²) in [4.78, 5) is 15.9. The molecule has 1 rings (SSSR count). The molecule has 5 nitrogen and oxygen atoms in total. The van der Waals surface area contributed by atoms with E-state index in [4.69, 9.17) is 10.00 Å². The smallest absolute Gasteiger partial charge is 0.328 e. The Labute approximate surface area is 107 Å². The van der Waals surface area contributed by atoms with E-state index < -0.39 is 6.04 Å². The summed E-state index contributed by atoms with van der Waals surface area (Å²) >= 11 is 0. The average Bonchev–Trinajstić information content (AvgIpc) is 2.34. The second-order valence-corrected chi connectivity index (χ2v) is 4.38. The topological polar surface area (TPSA) is 75.0 Å². The van der Waals surface area contributed by atoms with Crippen LogP contribution in [0.4, 0.5) is 5.82 Å². The molecule has 0 fully saturated rings. The molecule has 96 valence electrons. The van der Waals surface area contributed by atoms with Gasteiger partial charge in [-0.25, -0.2) is 9.78 Å². The van der Waals surface area contributed by atoms with Gasteiger partial charge in [0.1, 0.15) is 11.9 Å². The number of nitrogens with one attached hydrogen (secondary N) is 1. The lowest BCUT2D eigenvalue weighted by molar-refractivity contribution is -0.142. The van der Waals surface area contributed by atoms with Gasteiger partial charge in [-0.3, -0.25) is 0 Å². The molecule has 0 spiro atoms. The number of aryl methyl sites for hydroxylation is 1. The molecule has 1 aromatic rings. The van der Waals surface area contributed by atoms with E-state index in [1.54, 1.807) is 19.1 Å². The first-order chi connectivity index (χ1) is 8.47. The third kappa shape index (κ3) is 3.45.